The summed E-state index contributed by atoms with van der Waals surface area (Å²) >= 11 is 0. The van der Waals surface area contributed by atoms with E-state index in [0.717, 1.165) is 30.8 Å². The van der Waals surface area contributed by atoms with Crippen molar-refractivity contribution < 1.29 is 19.4 Å². The Balaban J connectivity index is 1.42. The molecule has 8 heteroatoms. The highest BCUT2D eigenvalue weighted by Gasteiger charge is 2.29. The highest BCUT2D eigenvalue weighted by atomic mass is 16.6. The van der Waals surface area contributed by atoms with Crippen LogP contribution in [-0.4, -0.2) is 45.8 Å². The number of carbonyl (C=O) groups excluding carboxylic acids is 2. The van der Waals surface area contributed by atoms with Crippen molar-refractivity contribution in [3.05, 3.63) is 107 Å². The molecule has 1 saturated heterocycles. The van der Waals surface area contributed by atoms with Crippen LogP contribution in [0.15, 0.2) is 95.8 Å². The Morgan fingerprint density at radius 2 is 1.78 bits per heavy atom. The fraction of sp³-hybridized carbons (Fsp3) is 0.207. The van der Waals surface area contributed by atoms with Gasteiger partial charge < -0.3 is 20.1 Å². The van der Waals surface area contributed by atoms with Crippen molar-refractivity contribution in [3.63, 3.8) is 0 Å². The van der Waals surface area contributed by atoms with Gasteiger partial charge in [0.15, 0.2) is 0 Å². The first-order valence-corrected chi connectivity index (χ1v) is 12.2. The predicted octanol–water partition coefficient (Wildman–Crippen LogP) is 5.13. The summed E-state index contributed by atoms with van der Waals surface area (Å²) in [5.41, 5.74) is 3.03. The molecule has 2 N–H and O–H groups in total. The number of hydrogen-bond donors (Lipinski definition) is 2. The number of hydrogen-bond acceptors (Lipinski definition) is 6. The van der Waals surface area contributed by atoms with Gasteiger partial charge in [-0.05, 0) is 41.8 Å². The van der Waals surface area contributed by atoms with Crippen molar-refractivity contribution in [3.8, 4) is 5.75 Å². The molecule has 2 aliphatic rings. The van der Waals surface area contributed by atoms with Crippen LogP contribution < -0.4 is 5.32 Å². The van der Waals surface area contributed by atoms with Gasteiger partial charge in [-0.2, -0.15) is 0 Å². The molecule has 5 rings (SSSR count). The number of anilines is 1. The highest BCUT2D eigenvalue weighted by molar-refractivity contribution is 6.05. The van der Waals surface area contributed by atoms with Gasteiger partial charge in [0.25, 0.3) is 5.91 Å². The van der Waals surface area contributed by atoms with E-state index in [1.165, 1.54) is 17.0 Å². The molecule has 2 aliphatic heterocycles. The van der Waals surface area contributed by atoms with E-state index < -0.39 is 6.09 Å². The number of amides is 2. The number of aliphatic imine (C=N–C) groups is 1. The Morgan fingerprint density at radius 1 is 1.03 bits per heavy atom. The highest BCUT2D eigenvalue weighted by Crippen LogP contribution is 2.26. The lowest BCUT2D eigenvalue weighted by atomic mass is 10.0. The minimum absolute atomic E-state index is 0.0386. The molecule has 1 fully saturated rings. The van der Waals surface area contributed by atoms with Crippen molar-refractivity contribution >= 4 is 23.5 Å². The maximum Gasteiger partial charge on any atom is 0.414 e. The van der Waals surface area contributed by atoms with Crippen molar-refractivity contribution in [2.24, 2.45) is 4.99 Å². The standard InChI is InChI=1S/C29H28N4O4/c34-25-14-13-22(26(16-25)28(35)31-23-10-5-2-6-11-23)18-33(24-17-30-27-12-7-15-32(27)19-24)29(36)37-20-21-8-3-1-4-9-21/h1-6,8-11,13-14,16-17,34H,7,12,15,18-20H2,(H,31,35). The van der Waals surface area contributed by atoms with Gasteiger partial charge in [-0.1, -0.05) is 54.6 Å². The van der Waals surface area contributed by atoms with Gasteiger partial charge in [-0.3, -0.25) is 9.69 Å². The SMILES string of the molecule is O=C(Nc1ccccc1)c1cc(O)ccc1CN(C(=O)OCc1ccccc1)C1=CN=C2CCCN2C1. The number of para-hydroxylation sites is 1. The maximum absolute atomic E-state index is 13.4. The number of rotatable bonds is 7. The van der Waals surface area contributed by atoms with E-state index in [9.17, 15) is 14.7 Å². The smallest absolute Gasteiger partial charge is 0.414 e. The minimum Gasteiger partial charge on any atom is -0.508 e. The third-order valence-corrected chi connectivity index (χ3v) is 6.38. The van der Waals surface area contributed by atoms with Crippen LogP contribution in [0.3, 0.4) is 0 Å². The number of amidine groups is 1. The summed E-state index contributed by atoms with van der Waals surface area (Å²) in [7, 11) is 0. The number of nitrogens with zero attached hydrogens (tertiary/aromatic N) is 3. The summed E-state index contributed by atoms with van der Waals surface area (Å²) < 4.78 is 5.68. The van der Waals surface area contributed by atoms with E-state index >= 15 is 0 Å². The van der Waals surface area contributed by atoms with Crippen molar-refractivity contribution in [2.75, 3.05) is 18.4 Å². The molecule has 37 heavy (non-hydrogen) atoms. The van der Waals surface area contributed by atoms with Gasteiger partial charge in [0.1, 0.15) is 18.2 Å². The summed E-state index contributed by atoms with van der Waals surface area (Å²) in [6.45, 7) is 1.62. The fourth-order valence-corrected chi connectivity index (χ4v) is 4.46. The molecule has 0 aromatic heterocycles. The van der Waals surface area contributed by atoms with Crippen molar-refractivity contribution in [2.45, 2.75) is 26.0 Å². The molecular weight excluding hydrogens is 468 g/mol. The zero-order valence-corrected chi connectivity index (χ0v) is 20.3. The molecule has 0 unspecified atom stereocenters. The van der Waals surface area contributed by atoms with Crippen LogP contribution in [-0.2, 0) is 17.9 Å². The summed E-state index contributed by atoms with van der Waals surface area (Å²) in [4.78, 5) is 34.8. The first kappa shape index (κ1) is 24.1. The average Bonchev–Trinajstić information content (AvgIpc) is 3.40. The van der Waals surface area contributed by atoms with Crippen LogP contribution in [0.5, 0.6) is 5.75 Å². The van der Waals surface area contributed by atoms with Crippen LogP contribution in [0.25, 0.3) is 0 Å². The first-order valence-electron chi connectivity index (χ1n) is 12.2. The van der Waals surface area contributed by atoms with Crippen molar-refractivity contribution in [1.82, 2.24) is 9.80 Å². The van der Waals surface area contributed by atoms with Gasteiger partial charge in [0.05, 0.1) is 25.0 Å². The Labute approximate surface area is 215 Å². The van der Waals surface area contributed by atoms with Gasteiger partial charge in [-0.25, -0.2) is 9.79 Å². The normalized spacial score (nSPS) is 14.3. The van der Waals surface area contributed by atoms with Gasteiger partial charge in [-0.15, -0.1) is 0 Å². The molecule has 2 amide bonds. The monoisotopic (exact) mass is 496 g/mol. The zero-order chi connectivity index (χ0) is 25.6. The second-order valence-corrected chi connectivity index (χ2v) is 8.98. The molecule has 0 aliphatic carbocycles. The number of phenolic OH excluding ortho intramolecular Hbond substituents is 1. The molecule has 0 atom stereocenters. The summed E-state index contributed by atoms with van der Waals surface area (Å²) in [5, 5.41) is 13.0. The molecule has 3 aromatic rings. The van der Waals surface area contributed by atoms with Gasteiger partial charge >= 0.3 is 6.09 Å². The molecule has 3 aromatic carbocycles. The van der Waals surface area contributed by atoms with Crippen LogP contribution in [0.1, 0.15) is 34.3 Å². The number of ether oxygens (including phenoxy) is 1. The minimum atomic E-state index is -0.532. The number of aromatic hydroxyl groups is 1. The fourth-order valence-electron chi connectivity index (χ4n) is 4.46. The molecule has 0 saturated carbocycles. The van der Waals surface area contributed by atoms with Crippen LogP contribution in [0.4, 0.5) is 10.5 Å². The first-order chi connectivity index (χ1) is 18.1. The lowest BCUT2D eigenvalue weighted by Crippen LogP contribution is -2.39. The van der Waals surface area contributed by atoms with E-state index in [1.807, 2.05) is 48.5 Å². The van der Waals surface area contributed by atoms with Crippen LogP contribution in [0.2, 0.25) is 0 Å². The van der Waals surface area contributed by atoms with Gasteiger partial charge in [0.2, 0.25) is 0 Å². The molecule has 0 bridgehead atoms. The number of benzene rings is 3. The number of phenols is 1. The largest absolute Gasteiger partial charge is 0.508 e. The quantitative estimate of drug-likeness (QED) is 0.473. The van der Waals surface area contributed by atoms with E-state index in [0.29, 0.717) is 23.5 Å². The third kappa shape index (κ3) is 5.81. The van der Waals surface area contributed by atoms with Crippen LogP contribution >= 0.6 is 0 Å². The number of fused-ring (bicyclic) bond motifs is 1. The molecule has 0 spiro atoms. The van der Waals surface area contributed by atoms with Crippen LogP contribution in [0, 0.1) is 0 Å². The van der Waals surface area contributed by atoms with E-state index in [2.05, 4.69) is 15.2 Å². The molecule has 0 radical (unpaired) electrons. The molecule has 8 nitrogen and oxygen atoms in total. The number of nitrogens with one attached hydrogen (secondary N) is 1. The molecular formula is C29H28N4O4. The van der Waals surface area contributed by atoms with E-state index in [1.54, 1.807) is 24.4 Å². The topological polar surface area (TPSA) is 94.5 Å². The summed E-state index contributed by atoms with van der Waals surface area (Å²) in [6.07, 6.45) is 3.13. The zero-order valence-electron chi connectivity index (χ0n) is 20.3. The average molecular weight is 497 g/mol. The maximum atomic E-state index is 13.4. The summed E-state index contributed by atoms with van der Waals surface area (Å²) in [6, 6.07) is 23.1. The lowest BCUT2D eigenvalue weighted by Gasteiger charge is -2.31. The Kier molecular flexibility index (Phi) is 7.16. The summed E-state index contributed by atoms with van der Waals surface area (Å²) in [5.74, 6) is 0.601. The molecule has 188 valence electrons. The number of carbonyl (C=O) groups is 2. The van der Waals surface area contributed by atoms with Gasteiger partial charge in [0, 0.05) is 24.2 Å². The third-order valence-electron chi connectivity index (χ3n) is 6.38. The second kappa shape index (κ2) is 11.0. The van der Waals surface area contributed by atoms with E-state index in [4.69, 9.17) is 4.74 Å². The van der Waals surface area contributed by atoms with Crippen molar-refractivity contribution in [1.29, 1.82) is 0 Å². The second-order valence-electron chi connectivity index (χ2n) is 8.98. The van der Waals surface area contributed by atoms with E-state index in [-0.39, 0.29) is 30.4 Å². The molecule has 2 heterocycles. The lowest BCUT2D eigenvalue weighted by molar-refractivity contribution is 0.0994. The Hall–Kier alpha value is -4.59. The Morgan fingerprint density at radius 3 is 2.57 bits per heavy atom. The Bertz CT molecular complexity index is 1340. The predicted molar refractivity (Wildman–Crippen MR) is 141 cm³/mol.